The lowest BCUT2D eigenvalue weighted by Crippen LogP contribution is -2.57. The maximum atomic E-state index is 14.1. The fraction of sp³-hybridized carbons (Fsp3) is 0.542. The summed E-state index contributed by atoms with van der Waals surface area (Å²) in [6.07, 6.45) is 2.49. The number of rotatable bonds is 7. The number of benzene rings is 1. The number of carbonyl (C=O) groups excluding carboxylic acids is 2. The van der Waals surface area contributed by atoms with Crippen molar-refractivity contribution in [3.8, 4) is 0 Å². The number of aryl methyl sites for hydroxylation is 2. The summed E-state index contributed by atoms with van der Waals surface area (Å²) < 4.78 is 6.35. The Morgan fingerprint density at radius 1 is 1.34 bits per heavy atom. The van der Waals surface area contributed by atoms with Gasteiger partial charge in [-0.05, 0) is 50.8 Å². The molecule has 1 aromatic carbocycles. The van der Waals surface area contributed by atoms with Crippen molar-refractivity contribution >= 4 is 23.5 Å². The van der Waals surface area contributed by atoms with E-state index in [0.29, 0.717) is 18.5 Å². The van der Waals surface area contributed by atoms with Gasteiger partial charge in [0.25, 0.3) is 5.91 Å². The third-order valence-corrected chi connectivity index (χ3v) is 7.35. The van der Waals surface area contributed by atoms with Crippen LogP contribution in [0.15, 0.2) is 30.9 Å². The number of likely N-dealkylation sites (tertiary alicyclic amines) is 1. The molecule has 1 aromatic rings. The molecule has 32 heavy (non-hydrogen) atoms. The Hall–Kier alpha value is -2.71. The van der Waals surface area contributed by atoms with Crippen molar-refractivity contribution in [1.29, 1.82) is 0 Å². The van der Waals surface area contributed by atoms with Gasteiger partial charge >= 0.3 is 5.97 Å². The Bertz CT molecular complexity index is 993. The number of carboxylic acids is 1. The molecule has 1 spiro atoms. The molecular formula is C24H30N2O6. The van der Waals surface area contributed by atoms with E-state index in [1.54, 1.807) is 17.9 Å². The number of hydrogen-bond acceptors (Lipinski definition) is 5. The van der Waals surface area contributed by atoms with Gasteiger partial charge in [0, 0.05) is 18.8 Å². The van der Waals surface area contributed by atoms with Gasteiger partial charge in [0.05, 0.1) is 24.0 Å². The van der Waals surface area contributed by atoms with Crippen molar-refractivity contribution in [2.24, 2.45) is 11.8 Å². The first-order valence-electron chi connectivity index (χ1n) is 10.9. The number of aliphatic hydroxyl groups excluding tert-OH is 1. The lowest BCUT2D eigenvalue weighted by atomic mass is 9.66. The van der Waals surface area contributed by atoms with E-state index in [1.165, 1.54) is 4.90 Å². The molecule has 3 heterocycles. The van der Waals surface area contributed by atoms with E-state index in [-0.39, 0.29) is 25.6 Å². The van der Waals surface area contributed by atoms with Gasteiger partial charge in [-0.15, -0.1) is 6.58 Å². The molecule has 2 N–H and O–H groups in total. The number of aliphatic carboxylic acids is 1. The molecule has 172 valence electrons. The minimum atomic E-state index is -1.22. The molecule has 3 aliphatic rings. The van der Waals surface area contributed by atoms with Crippen LogP contribution in [0, 0.1) is 25.7 Å². The number of aliphatic hydroxyl groups is 1. The third kappa shape index (κ3) is 3.00. The van der Waals surface area contributed by atoms with Crippen LogP contribution < -0.4 is 4.90 Å². The topological polar surface area (TPSA) is 107 Å². The molecule has 4 rings (SSSR count). The van der Waals surface area contributed by atoms with Crippen LogP contribution in [0.4, 0.5) is 5.69 Å². The lowest BCUT2D eigenvalue weighted by molar-refractivity contribution is -0.154. The number of amides is 2. The zero-order valence-corrected chi connectivity index (χ0v) is 18.7. The summed E-state index contributed by atoms with van der Waals surface area (Å²) in [5, 5.41) is 19.6. The molecule has 3 aliphatic heterocycles. The molecule has 5 atom stereocenters. The highest BCUT2D eigenvalue weighted by Crippen LogP contribution is 2.63. The predicted octanol–water partition coefficient (Wildman–Crippen LogP) is 1.66. The Morgan fingerprint density at radius 3 is 2.69 bits per heavy atom. The van der Waals surface area contributed by atoms with Crippen molar-refractivity contribution < 1.29 is 29.3 Å². The Balaban J connectivity index is 1.83. The van der Waals surface area contributed by atoms with Gasteiger partial charge in [-0.1, -0.05) is 18.2 Å². The van der Waals surface area contributed by atoms with Crippen molar-refractivity contribution in [3.63, 3.8) is 0 Å². The maximum absolute atomic E-state index is 14.1. The van der Waals surface area contributed by atoms with Gasteiger partial charge in [0.1, 0.15) is 11.6 Å². The minimum Gasteiger partial charge on any atom is -0.481 e. The quantitative estimate of drug-likeness (QED) is 0.622. The number of carboxylic acid groups (broad SMARTS) is 1. The standard InChI is InChI=1S/C24H30N2O6/c1-5-10-25(16-13-14(2)6-7-15(16)3)21(29)19-24-9-8-23(4,32-24)18(22(30)31)17(24)20(28)26(19)11-12-27/h5-7,13,17-19,27H,1,8-12H2,2-4H3,(H,30,31)/t17-,18+,19?,23-,24?/m0/s1. The minimum absolute atomic E-state index is 0.0609. The second kappa shape index (κ2) is 7.71. The van der Waals surface area contributed by atoms with Crippen LogP contribution >= 0.6 is 0 Å². The molecule has 3 saturated heterocycles. The molecule has 8 heteroatoms. The molecule has 8 nitrogen and oxygen atoms in total. The van der Waals surface area contributed by atoms with Gasteiger partial charge < -0.3 is 24.7 Å². The highest BCUT2D eigenvalue weighted by molar-refractivity contribution is 6.05. The molecule has 2 unspecified atom stereocenters. The van der Waals surface area contributed by atoms with Gasteiger partial charge in [-0.2, -0.15) is 0 Å². The van der Waals surface area contributed by atoms with Gasteiger partial charge in [-0.3, -0.25) is 14.4 Å². The number of fused-ring (bicyclic) bond motifs is 1. The first-order valence-corrected chi connectivity index (χ1v) is 10.9. The first kappa shape index (κ1) is 22.5. The lowest BCUT2D eigenvalue weighted by Gasteiger charge is -2.37. The monoisotopic (exact) mass is 442 g/mol. The van der Waals surface area contributed by atoms with E-state index in [0.717, 1.165) is 11.1 Å². The molecule has 0 radical (unpaired) electrons. The molecule has 3 fully saturated rings. The zero-order chi connectivity index (χ0) is 23.4. The van der Waals surface area contributed by atoms with Crippen molar-refractivity contribution in [2.75, 3.05) is 24.6 Å². The highest BCUT2D eigenvalue weighted by atomic mass is 16.5. The van der Waals surface area contributed by atoms with Gasteiger partial charge in [0.15, 0.2) is 0 Å². The van der Waals surface area contributed by atoms with E-state index in [1.807, 2.05) is 32.0 Å². The molecule has 2 amide bonds. The van der Waals surface area contributed by atoms with Gasteiger partial charge in [-0.25, -0.2) is 0 Å². The summed E-state index contributed by atoms with van der Waals surface area (Å²) in [4.78, 5) is 42.6. The van der Waals surface area contributed by atoms with E-state index < -0.39 is 41.0 Å². The van der Waals surface area contributed by atoms with Crippen molar-refractivity contribution in [1.82, 2.24) is 4.90 Å². The van der Waals surface area contributed by atoms with E-state index >= 15 is 0 Å². The van der Waals surface area contributed by atoms with Crippen LogP contribution in [0.5, 0.6) is 0 Å². The number of β-amino-alcohol motifs (C(OH)–C–C–N with tert-alkyl or cyclic N) is 1. The maximum Gasteiger partial charge on any atom is 0.310 e. The fourth-order valence-corrected chi connectivity index (χ4v) is 6.02. The number of carbonyl (C=O) groups is 3. The number of hydrogen-bond donors (Lipinski definition) is 2. The second-order valence-corrected chi connectivity index (χ2v) is 9.35. The summed E-state index contributed by atoms with van der Waals surface area (Å²) in [6, 6.07) is 4.78. The average molecular weight is 443 g/mol. The van der Waals surface area contributed by atoms with Crippen LogP contribution in [-0.2, 0) is 19.1 Å². The van der Waals surface area contributed by atoms with Crippen molar-refractivity contribution in [3.05, 3.63) is 42.0 Å². The molecule has 0 aromatic heterocycles. The first-order chi connectivity index (χ1) is 15.1. The summed E-state index contributed by atoms with van der Waals surface area (Å²) >= 11 is 0. The number of anilines is 1. The van der Waals surface area contributed by atoms with E-state index in [4.69, 9.17) is 4.74 Å². The average Bonchev–Trinajstić information content (AvgIpc) is 3.29. The van der Waals surface area contributed by atoms with E-state index in [2.05, 4.69) is 6.58 Å². The second-order valence-electron chi connectivity index (χ2n) is 9.35. The fourth-order valence-electron chi connectivity index (χ4n) is 6.02. The van der Waals surface area contributed by atoms with Gasteiger partial charge in [0.2, 0.25) is 5.91 Å². The molecule has 0 aliphatic carbocycles. The highest BCUT2D eigenvalue weighted by Gasteiger charge is 2.78. The normalized spacial score (nSPS) is 32.8. The molecule has 0 saturated carbocycles. The smallest absolute Gasteiger partial charge is 0.310 e. The van der Waals surface area contributed by atoms with Crippen LogP contribution in [0.1, 0.15) is 30.9 Å². The van der Waals surface area contributed by atoms with Crippen LogP contribution in [-0.4, -0.2) is 69.8 Å². The summed E-state index contributed by atoms with van der Waals surface area (Å²) in [5.41, 5.74) is 0.357. The van der Waals surface area contributed by atoms with Crippen LogP contribution in [0.3, 0.4) is 0 Å². The Kier molecular flexibility index (Phi) is 5.41. The summed E-state index contributed by atoms with van der Waals surface area (Å²) in [7, 11) is 0. The van der Waals surface area contributed by atoms with Crippen molar-refractivity contribution in [2.45, 2.75) is 50.9 Å². The summed E-state index contributed by atoms with van der Waals surface area (Å²) in [5.74, 6) is -3.87. The van der Waals surface area contributed by atoms with E-state index in [9.17, 15) is 24.6 Å². The van der Waals surface area contributed by atoms with Crippen LogP contribution in [0.2, 0.25) is 0 Å². The Morgan fingerprint density at radius 2 is 2.06 bits per heavy atom. The predicted molar refractivity (Wildman–Crippen MR) is 117 cm³/mol. The molecular weight excluding hydrogens is 412 g/mol. The summed E-state index contributed by atoms with van der Waals surface area (Å²) in [6.45, 7) is 9.18. The number of ether oxygens (including phenoxy) is 1. The zero-order valence-electron chi connectivity index (χ0n) is 18.7. The largest absolute Gasteiger partial charge is 0.481 e. The third-order valence-electron chi connectivity index (χ3n) is 7.35. The molecule has 2 bridgehead atoms. The SMILES string of the molecule is C=CCN(C(=O)C1N(CCO)C(=O)[C@@H]2[C@H](C(=O)O)[C@]3(C)CCC12O3)c1cc(C)ccc1C. The van der Waals surface area contributed by atoms with Crippen LogP contribution in [0.25, 0.3) is 0 Å². The Labute approximate surface area is 187 Å². The number of nitrogens with zero attached hydrogens (tertiary/aromatic N) is 2.